The Morgan fingerprint density at radius 1 is 1.41 bits per heavy atom. The predicted octanol–water partition coefficient (Wildman–Crippen LogP) is 0.0485. The minimum Gasteiger partial charge on any atom is -0.337 e. The van der Waals surface area contributed by atoms with E-state index in [4.69, 9.17) is 0 Å². The predicted molar refractivity (Wildman–Crippen MR) is 61.7 cm³/mol. The van der Waals surface area contributed by atoms with E-state index in [9.17, 15) is 4.79 Å². The zero-order valence-corrected chi connectivity index (χ0v) is 9.80. The highest BCUT2D eigenvalue weighted by Gasteiger charge is 2.24. The van der Waals surface area contributed by atoms with Crippen LogP contribution in [0.2, 0.25) is 0 Å². The molecule has 0 spiro atoms. The van der Waals surface area contributed by atoms with Crippen molar-refractivity contribution in [3.63, 3.8) is 0 Å². The van der Waals surface area contributed by atoms with E-state index in [1.165, 1.54) is 0 Å². The molecule has 6 nitrogen and oxygen atoms in total. The fourth-order valence-corrected chi connectivity index (χ4v) is 2.50. The van der Waals surface area contributed by atoms with E-state index >= 15 is 0 Å². The molecule has 0 aromatic carbocycles. The molecule has 3 heterocycles. The standard InChI is InChI=1S/C11H17N5O/c17-11(15-5-1-2-6-15)10-8-16(14-13-10)9-3-4-12-7-9/h8-9,12H,1-7H2. The molecule has 0 radical (unpaired) electrons. The number of carbonyl (C=O) groups is 1. The topological polar surface area (TPSA) is 63.1 Å². The number of hydrogen-bond acceptors (Lipinski definition) is 4. The van der Waals surface area contributed by atoms with Crippen molar-refractivity contribution in [2.24, 2.45) is 0 Å². The van der Waals surface area contributed by atoms with Gasteiger partial charge in [-0.1, -0.05) is 5.21 Å². The maximum absolute atomic E-state index is 12.1. The Morgan fingerprint density at radius 2 is 2.24 bits per heavy atom. The zero-order chi connectivity index (χ0) is 11.7. The number of rotatable bonds is 2. The minimum atomic E-state index is 0.0275. The van der Waals surface area contributed by atoms with Crippen molar-refractivity contribution in [3.8, 4) is 0 Å². The van der Waals surface area contributed by atoms with Gasteiger partial charge in [0, 0.05) is 19.6 Å². The number of amides is 1. The third kappa shape index (κ3) is 2.04. The molecule has 1 amide bonds. The van der Waals surface area contributed by atoms with Crippen LogP contribution >= 0.6 is 0 Å². The summed E-state index contributed by atoms with van der Waals surface area (Å²) in [7, 11) is 0. The fourth-order valence-electron chi connectivity index (χ4n) is 2.50. The Balaban J connectivity index is 1.72. The van der Waals surface area contributed by atoms with Crippen LogP contribution in [0.5, 0.6) is 0 Å². The molecule has 0 bridgehead atoms. The second-order valence-corrected chi connectivity index (χ2v) is 4.73. The van der Waals surface area contributed by atoms with Crippen LogP contribution in [-0.4, -0.2) is 52.0 Å². The lowest BCUT2D eigenvalue weighted by Crippen LogP contribution is -2.27. The molecule has 1 unspecified atom stereocenters. The third-order valence-corrected chi connectivity index (χ3v) is 3.53. The summed E-state index contributed by atoms with van der Waals surface area (Å²) in [5.41, 5.74) is 0.485. The third-order valence-electron chi connectivity index (χ3n) is 3.53. The molecule has 1 aromatic rings. The van der Waals surface area contributed by atoms with Crippen molar-refractivity contribution < 1.29 is 4.79 Å². The van der Waals surface area contributed by atoms with E-state index in [-0.39, 0.29) is 5.91 Å². The first kappa shape index (κ1) is 10.7. The van der Waals surface area contributed by atoms with Gasteiger partial charge in [-0.3, -0.25) is 4.79 Å². The smallest absolute Gasteiger partial charge is 0.276 e. The minimum absolute atomic E-state index is 0.0275. The van der Waals surface area contributed by atoms with Gasteiger partial charge in [0.05, 0.1) is 12.2 Å². The summed E-state index contributed by atoms with van der Waals surface area (Å²) in [6, 6.07) is 0.350. The van der Waals surface area contributed by atoms with Gasteiger partial charge in [0.2, 0.25) is 0 Å². The van der Waals surface area contributed by atoms with Gasteiger partial charge in [-0.05, 0) is 25.8 Å². The first-order chi connectivity index (χ1) is 8.34. The second-order valence-electron chi connectivity index (χ2n) is 4.73. The molecule has 2 aliphatic rings. The number of carbonyl (C=O) groups excluding carboxylic acids is 1. The van der Waals surface area contributed by atoms with Crippen LogP contribution in [0.15, 0.2) is 6.20 Å². The SMILES string of the molecule is O=C(c1cn(C2CCNC2)nn1)N1CCCC1. The van der Waals surface area contributed by atoms with Crippen LogP contribution < -0.4 is 5.32 Å². The average molecular weight is 235 g/mol. The van der Waals surface area contributed by atoms with Gasteiger partial charge in [0.25, 0.3) is 5.91 Å². The molecular formula is C11H17N5O. The van der Waals surface area contributed by atoms with E-state index in [2.05, 4.69) is 15.6 Å². The highest BCUT2D eigenvalue weighted by molar-refractivity contribution is 5.92. The number of nitrogens with zero attached hydrogens (tertiary/aromatic N) is 4. The highest BCUT2D eigenvalue weighted by Crippen LogP contribution is 2.15. The summed E-state index contributed by atoms with van der Waals surface area (Å²) in [6.45, 7) is 3.65. The number of hydrogen-bond donors (Lipinski definition) is 1. The molecule has 17 heavy (non-hydrogen) atoms. The average Bonchev–Trinajstić information content (AvgIpc) is 3.09. The van der Waals surface area contributed by atoms with Crippen LogP contribution in [0.3, 0.4) is 0 Å². The second kappa shape index (κ2) is 4.44. The van der Waals surface area contributed by atoms with Gasteiger partial charge in [-0.25, -0.2) is 4.68 Å². The molecule has 6 heteroatoms. The summed E-state index contributed by atoms with van der Waals surface area (Å²) in [5.74, 6) is 0.0275. The lowest BCUT2D eigenvalue weighted by Gasteiger charge is -2.12. The van der Waals surface area contributed by atoms with Crippen molar-refractivity contribution in [3.05, 3.63) is 11.9 Å². The van der Waals surface area contributed by atoms with Gasteiger partial charge in [0.1, 0.15) is 0 Å². The maximum atomic E-state index is 12.1. The summed E-state index contributed by atoms with van der Waals surface area (Å²) in [4.78, 5) is 13.9. The fraction of sp³-hybridized carbons (Fsp3) is 0.727. The van der Waals surface area contributed by atoms with E-state index in [0.29, 0.717) is 11.7 Å². The lowest BCUT2D eigenvalue weighted by molar-refractivity contribution is 0.0787. The molecule has 2 saturated heterocycles. The van der Waals surface area contributed by atoms with Crippen LogP contribution in [0.4, 0.5) is 0 Å². The summed E-state index contributed by atoms with van der Waals surface area (Å²) < 4.78 is 1.82. The van der Waals surface area contributed by atoms with Crippen LogP contribution in [0, 0.1) is 0 Å². The summed E-state index contributed by atoms with van der Waals surface area (Å²) in [6.07, 6.45) is 5.05. The van der Waals surface area contributed by atoms with Crippen LogP contribution in [-0.2, 0) is 0 Å². The van der Waals surface area contributed by atoms with Gasteiger partial charge in [0.15, 0.2) is 5.69 Å². The molecule has 1 aromatic heterocycles. The Morgan fingerprint density at radius 3 is 2.94 bits per heavy atom. The molecule has 1 atom stereocenters. The first-order valence-electron chi connectivity index (χ1n) is 6.26. The molecule has 1 N–H and O–H groups in total. The molecule has 92 valence electrons. The Bertz CT molecular complexity index is 404. The zero-order valence-electron chi connectivity index (χ0n) is 9.80. The van der Waals surface area contributed by atoms with E-state index in [0.717, 1.165) is 45.4 Å². The molecule has 2 fully saturated rings. The molecule has 0 aliphatic carbocycles. The first-order valence-corrected chi connectivity index (χ1v) is 6.26. The highest BCUT2D eigenvalue weighted by atomic mass is 16.2. The van der Waals surface area contributed by atoms with Gasteiger partial charge in [-0.15, -0.1) is 5.10 Å². The number of nitrogens with one attached hydrogen (secondary N) is 1. The van der Waals surface area contributed by atoms with Crippen molar-refractivity contribution in [2.45, 2.75) is 25.3 Å². The monoisotopic (exact) mass is 235 g/mol. The lowest BCUT2D eigenvalue weighted by atomic mass is 10.3. The van der Waals surface area contributed by atoms with E-state index in [1.54, 1.807) is 6.20 Å². The Hall–Kier alpha value is -1.43. The largest absolute Gasteiger partial charge is 0.337 e. The summed E-state index contributed by atoms with van der Waals surface area (Å²) >= 11 is 0. The van der Waals surface area contributed by atoms with E-state index < -0.39 is 0 Å². The molecular weight excluding hydrogens is 218 g/mol. The van der Waals surface area contributed by atoms with Crippen LogP contribution in [0.1, 0.15) is 35.8 Å². The van der Waals surface area contributed by atoms with Crippen molar-refractivity contribution >= 4 is 5.91 Å². The Labute approximate surface area is 100.0 Å². The van der Waals surface area contributed by atoms with Crippen molar-refractivity contribution in [1.29, 1.82) is 0 Å². The number of likely N-dealkylation sites (tertiary alicyclic amines) is 1. The molecule has 0 saturated carbocycles. The van der Waals surface area contributed by atoms with E-state index in [1.807, 2.05) is 9.58 Å². The van der Waals surface area contributed by atoms with Crippen molar-refractivity contribution in [2.75, 3.05) is 26.2 Å². The quantitative estimate of drug-likeness (QED) is 0.786. The normalized spacial score (nSPS) is 24.5. The van der Waals surface area contributed by atoms with Gasteiger partial charge in [-0.2, -0.15) is 0 Å². The van der Waals surface area contributed by atoms with Crippen LogP contribution in [0.25, 0.3) is 0 Å². The van der Waals surface area contributed by atoms with Crippen molar-refractivity contribution in [1.82, 2.24) is 25.2 Å². The molecule has 3 rings (SSSR count). The Kier molecular flexibility index (Phi) is 2.80. The number of aromatic nitrogens is 3. The van der Waals surface area contributed by atoms with Gasteiger partial charge < -0.3 is 10.2 Å². The maximum Gasteiger partial charge on any atom is 0.276 e. The summed E-state index contributed by atoms with van der Waals surface area (Å²) in [5, 5.41) is 11.3. The van der Waals surface area contributed by atoms with Gasteiger partial charge >= 0.3 is 0 Å². The molecule has 2 aliphatic heterocycles.